The Balaban J connectivity index is 1.64. The Hall–Kier alpha value is -3.78. The zero-order valence-corrected chi connectivity index (χ0v) is 18.6. The minimum atomic E-state index is -4.83. The normalized spacial score (nSPS) is 15.0. The van der Waals surface area contributed by atoms with Gasteiger partial charge in [-0.1, -0.05) is 48.0 Å². The first-order valence-corrected chi connectivity index (χ1v) is 10.5. The van der Waals surface area contributed by atoms with Gasteiger partial charge in [0.1, 0.15) is 6.61 Å². The molecule has 0 aromatic heterocycles. The fraction of sp³-hybridized carbons (Fsp3) is 0.120. The molecule has 4 rings (SSSR count). The van der Waals surface area contributed by atoms with Gasteiger partial charge >= 0.3 is 6.18 Å². The van der Waals surface area contributed by atoms with Crippen LogP contribution in [0.2, 0.25) is 5.02 Å². The van der Waals surface area contributed by atoms with Crippen LogP contribution in [0, 0.1) is 0 Å². The zero-order valence-electron chi connectivity index (χ0n) is 17.8. The Kier molecular flexibility index (Phi) is 6.61. The maximum Gasteiger partial charge on any atom is 0.435 e. The number of benzene rings is 3. The predicted molar refractivity (Wildman–Crippen MR) is 124 cm³/mol. The molecule has 0 atom stereocenters. The van der Waals surface area contributed by atoms with E-state index in [0.717, 1.165) is 11.6 Å². The van der Waals surface area contributed by atoms with Crippen LogP contribution in [-0.2, 0) is 11.4 Å². The highest BCUT2D eigenvalue weighted by Crippen LogP contribution is 2.35. The third-order valence-corrected chi connectivity index (χ3v) is 5.21. The lowest BCUT2D eigenvalue weighted by atomic mass is 10.1. The average Bonchev–Trinajstić information content (AvgIpc) is 3.15. The topological polar surface area (TPSA) is 51.1 Å². The van der Waals surface area contributed by atoms with Gasteiger partial charge < -0.3 is 9.47 Å². The summed E-state index contributed by atoms with van der Waals surface area (Å²) in [6.45, 7) is 0.289. The maximum atomic E-state index is 13.7. The summed E-state index contributed by atoms with van der Waals surface area (Å²) in [6.07, 6.45) is -3.69. The quantitative estimate of drug-likeness (QED) is 0.385. The number of ether oxygens (including phenoxy) is 2. The minimum absolute atomic E-state index is 0.168. The predicted octanol–water partition coefficient (Wildman–Crippen LogP) is 6.28. The first kappa shape index (κ1) is 23.4. The van der Waals surface area contributed by atoms with E-state index in [1.807, 2.05) is 30.3 Å². The molecular weight excluding hydrogens is 469 g/mol. The molecule has 34 heavy (non-hydrogen) atoms. The summed E-state index contributed by atoms with van der Waals surface area (Å²) in [5.41, 5.74) is -0.428. The standard InChI is InChI=1S/C25H18ClF3N2O3/c1-33-22-14-17(7-12-21(22)34-15-16-5-3-2-4-6-16)13-20-23(25(27,28)29)30-31(24(20)32)19-10-8-18(26)9-11-19/h2-14H,15H2,1H3/b20-13-. The molecule has 1 aliphatic heterocycles. The van der Waals surface area contributed by atoms with Gasteiger partial charge in [-0.15, -0.1) is 0 Å². The number of hydrazone groups is 1. The van der Waals surface area contributed by atoms with Crippen molar-refractivity contribution in [1.29, 1.82) is 0 Å². The number of halogens is 4. The van der Waals surface area contributed by atoms with E-state index in [-0.39, 0.29) is 12.3 Å². The number of hydrogen-bond acceptors (Lipinski definition) is 4. The molecule has 5 nitrogen and oxygen atoms in total. The van der Waals surface area contributed by atoms with E-state index < -0.39 is 23.4 Å². The molecule has 0 aliphatic carbocycles. The summed E-state index contributed by atoms with van der Waals surface area (Å²) in [7, 11) is 1.42. The van der Waals surface area contributed by atoms with Crippen LogP contribution >= 0.6 is 11.6 Å². The fourth-order valence-electron chi connectivity index (χ4n) is 3.31. The van der Waals surface area contributed by atoms with Gasteiger partial charge in [0.15, 0.2) is 17.2 Å². The van der Waals surface area contributed by atoms with Crippen LogP contribution in [0.3, 0.4) is 0 Å². The molecule has 0 saturated carbocycles. The van der Waals surface area contributed by atoms with E-state index in [9.17, 15) is 18.0 Å². The van der Waals surface area contributed by atoms with Crippen LogP contribution < -0.4 is 14.5 Å². The van der Waals surface area contributed by atoms with Gasteiger partial charge in [-0.05, 0) is 53.6 Å². The molecule has 0 saturated heterocycles. The number of carbonyl (C=O) groups excluding carboxylic acids is 1. The van der Waals surface area contributed by atoms with Crippen molar-refractivity contribution >= 4 is 35.0 Å². The monoisotopic (exact) mass is 486 g/mol. The third kappa shape index (κ3) is 5.07. The number of nitrogens with zero attached hydrogens (tertiary/aromatic N) is 2. The highest BCUT2D eigenvalue weighted by Gasteiger charge is 2.46. The number of amides is 1. The number of methoxy groups -OCH3 is 1. The molecule has 3 aromatic carbocycles. The summed E-state index contributed by atoms with van der Waals surface area (Å²) < 4.78 is 52.2. The third-order valence-electron chi connectivity index (χ3n) is 4.95. The molecule has 0 spiro atoms. The first-order valence-electron chi connectivity index (χ1n) is 10.1. The number of rotatable bonds is 6. The van der Waals surface area contributed by atoms with Gasteiger partial charge in [0.05, 0.1) is 18.4 Å². The molecule has 1 aliphatic rings. The Labute approximate surface area is 198 Å². The highest BCUT2D eigenvalue weighted by molar-refractivity contribution is 6.34. The van der Waals surface area contributed by atoms with Gasteiger partial charge in [0.2, 0.25) is 0 Å². The van der Waals surface area contributed by atoms with Crippen LogP contribution in [-0.4, -0.2) is 24.9 Å². The molecule has 0 fully saturated rings. The summed E-state index contributed by atoms with van der Waals surface area (Å²) >= 11 is 5.84. The van der Waals surface area contributed by atoms with Crippen LogP contribution in [0.1, 0.15) is 11.1 Å². The maximum absolute atomic E-state index is 13.7. The van der Waals surface area contributed by atoms with Gasteiger partial charge in [-0.3, -0.25) is 4.79 Å². The molecule has 0 unspecified atom stereocenters. The van der Waals surface area contributed by atoms with Crippen molar-refractivity contribution in [3.8, 4) is 11.5 Å². The summed E-state index contributed by atoms with van der Waals surface area (Å²) in [5.74, 6) is -0.174. The van der Waals surface area contributed by atoms with Gasteiger partial charge in [-0.2, -0.15) is 23.3 Å². The summed E-state index contributed by atoms with van der Waals surface area (Å²) in [6, 6.07) is 19.9. The second kappa shape index (κ2) is 9.61. The summed E-state index contributed by atoms with van der Waals surface area (Å²) in [5, 5.41) is 4.64. The molecule has 0 N–H and O–H groups in total. The number of anilines is 1. The van der Waals surface area contributed by atoms with Crippen molar-refractivity contribution in [2.45, 2.75) is 12.8 Å². The van der Waals surface area contributed by atoms with Crippen LogP contribution in [0.25, 0.3) is 6.08 Å². The van der Waals surface area contributed by atoms with Crippen molar-refractivity contribution in [2.24, 2.45) is 5.10 Å². The molecule has 1 amide bonds. The van der Waals surface area contributed by atoms with E-state index in [4.69, 9.17) is 21.1 Å². The van der Waals surface area contributed by atoms with Gasteiger partial charge in [0, 0.05) is 5.02 Å². The number of carbonyl (C=O) groups is 1. The second-order valence-electron chi connectivity index (χ2n) is 7.28. The fourth-order valence-corrected chi connectivity index (χ4v) is 3.43. The lowest BCUT2D eigenvalue weighted by Gasteiger charge is -2.12. The largest absolute Gasteiger partial charge is 0.493 e. The van der Waals surface area contributed by atoms with Gasteiger partial charge in [0.25, 0.3) is 5.91 Å². The summed E-state index contributed by atoms with van der Waals surface area (Å²) in [4.78, 5) is 12.9. The molecule has 1 heterocycles. The Morgan fingerprint density at radius 3 is 2.35 bits per heavy atom. The SMILES string of the molecule is COc1cc(/C=C2\C(=O)N(c3ccc(Cl)cc3)N=C2C(F)(F)F)ccc1OCc1ccccc1. The highest BCUT2D eigenvalue weighted by atomic mass is 35.5. The molecular formula is C25H18ClF3N2O3. The van der Waals surface area contributed by atoms with E-state index in [1.54, 1.807) is 12.1 Å². The Morgan fingerprint density at radius 1 is 1.00 bits per heavy atom. The molecule has 174 valence electrons. The van der Waals surface area contributed by atoms with Crippen LogP contribution in [0.4, 0.5) is 18.9 Å². The molecule has 0 bridgehead atoms. The number of alkyl halides is 3. The zero-order chi connectivity index (χ0) is 24.3. The van der Waals surface area contributed by atoms with Crippen molar-refractivity contribution < 1.29 is 27.4 Å². The second-order valence-corrected chi connectivity index (χ2v) is 7.72. The number of hydrogen-bond donors (Lipinski definition) is 0. The molecule has 3 aromatic rings. The van der Waals surface area contributed by atoms with Gasteiger partial charge in [-0.25, -0.2) is 0 Å². The van der Waals surface area contributed by atoms with Crippen LogP contribution in [0.15, 0.2) is 83.5 Å². The van der Waals surface area contributed by atoms with E-state index in [1.165, 1.54) is 37.4 Å². The lowest BCUT2D eigenvalue weighted by molar-refractivity contribution is -0.114. The molecule has 9 heteroatoms. The average molecular weight is 487 g/mol. The van der Waals surface area contributed by atoms with Crippen LogP contribution in [0.5, 0.6) is 11.5 Å². The van der Waals surface area contributed by atoms with E-state index in [0.29, 0.717) is 27.1 Å². The Morgan fingerprint density at radius 2 is 1.71 bits per heavy atom. The minimum Gasteiger partial charge on any atom is -0.493 e. The smallest absolute Gasteiger partial charge is 0.435 e. The van der Waals surface area contributed by atoms with Crippen molar-refractivity contribution in [3.05, 3.63) is 94.5 Å². The van der Waals surface area contributed by atoms with Crippen molar-refractivity contribution in [3.63, 3.8) is 0 Å². The van der Waals surface area contributed by atoms with E-state index >= 15 is 0 Å². The lowest BCUT2D eigenvalue weighted by Crippen LogP contribution is -2.25. The van der Waals surface area contributed by atoms with Crippen molar-refractivity contribution in [2.75, 3.05) is 12.1 Å². The first-order chi connectivity index (χ1) is 16.3. The van der Waals surface area contributed by atoms with E-state index in [2.05, 4.69) is 5.10 Å². The molecule has 0 radical (unpaired) electrons. The Bertz CT molecular complexity index is 1260. The van der Waals surface area contributed by atoms with Crippen molar-refractivity contribution in [1.82, 2.24) is 0 Å².